The van der Waals surface area contributed by atoms with Crippen LogP contribution >= 0.6 is 27.3 Å². The van der Waals surface area contributed by atoms with Crippen LogP contribution in [-0.4, -0.2) is 11.7 Å². The minimum Gasteiger partial charge on any atom is -0.389 e. The maximum Gasteiger partial charge on any atom is 0.0762 e. The zero-order valence-electron chi connectivity index (χ0n) is 11.1. The topological polar surface area (TPSA) is 23.5 Å². The molecule has 0 fully saturated rings. The van der Waals surface area contributed by atoms with Crippen molar-refractivity contribution in [3.8, 4) is 0 Å². The molecule has 1 heterocycles. The van der Waals surface area contributed by atoms with Crippen molar-refractivity contribution in [1.82, 2.24) is 0 Å². The normalized spacial score (nSPS) is 12.4. The highest BCUT2D eigenvalue weighted by molar-refractivity contribution is 9.10. The van der Waals surface area contributed by atoms with Crippen LogP contribution in [0, 0.1) is 0 Å². The summed E-state index contributed by atoms with van der Waals surface area (Å²) in [5.74, 6) is 0. The Bertz CT molecular complexity index is 525. The number of halogens is 1. The Labute approximate surface area is 126 Å². The third-order valence-electron chi connectivity index (χ3n) is 3.10. The van der Waals surface area contributed by atoms with Gasteiger partial charge in [0.15, 0.2) is 0 Å². The molecule has 19 heavy (non-hydrogen) atoms. The average Bonchev–Trinajstić information content (AvgIpc) is 2.89. The van der Waals surface area contributed by atoms with E-state index in [1.807, 2.05) is 12.1 Å². The van der Waals surface area contributed by atoms with Crippen molar-refractivity contribution in [1.29, 1.82) is 0 Å². The Balaban J connectivity index is 2.23. The number of anilines is 1. The third-order valence-corrected chi connectivity index (χ3v) is 4.60. The molecule has 1 unspecified atom stereocenters. The molecule has 4 heteroatoms. The maximum absolute atomic E-state index is 9.61. The van der Waals surface area contributed by atoms with Crippen LogP contribution in [0.3, 0.4) is 0 Å². The fraction of sp³-hybridized carbons (Fsp3) is 0.333. The van der Waals surface area contributed by atoms with Crippen LogP contribution in [0.4, 0.5) is 5.69 Å². The minimum absolute atomic E-state index is 0.433. The van der Waals surface area contributed by atoms with Crippen molar-refractivity contribution in [2.45, 2.75) is 26.5 Å². The smallest absolute Gasteiger partial charge is 0.0762 e. The first-order valence-corrected chi connectivity index (χ1v) is 8.04. The minimum atomic E-state index is -0.433. The summed E-state index contributed by atoms with van der Waals surface area (Å²) in [5, 5.41) is 11.7. The average molecular weight is 340 g/mol. The molecule has 2 aromatic rings. The van der Waals surface area contributed by atoms with Crippen LogP contribution in [0.1, 0.15) is 30.4 Å². The van der Waals surface area contributed by atoms with Crippen LogP contribution in [0.15, 0.2) is 40.2 Å². The van der Waals surface area contributed by atoms with E-state index < -0.39 is 6.10 Å². The number of benzene rings is 1. The molecule has 0 bridgehead atoms. The number of thiophene rings is 1. The standard InChI is InChI=1S/C15H18BrNOS/c1-3-17(10-13-5-4-8-19-13)15-7-6-12(11(2)18)9-14(15)16/h4-9,11,18H,3,10H2,1-2H3. The summed E-state index contributed by atoms with van der Waals surface area (Å²) in [6, 6.07) is 10.3. The Morgan fingerprint density at radius 2 is 2.16 bits per heavy atom. The first-order valence-electron chi connectivity index (χ1n) is 6.36. The Kier molecular flexibility index (Phi) is 5.02. The molecule has 0 saturated heterocycles. The maximum atomic E-state index is 9.61. The van der Waals surface area contributed by atoms with Crippen molar-refractivity contribution in [3.05, 3.63) is 50.6 Å². The van der Waals surface area contributed by atoms with E-state index in [4.69, 9.17) is 0 Å². The largest absolute Gasteiger partial charge is 0.389 e. The molecule has 1 atom stereocenters. The molecule has 0 amide bonds. The fourth-order valence-corrected chi connectivity index (χ4v) is 3.36. The second-order valence-corrected chi connectivity index (χ2v) is 6.37. The lowest BCUT2D eigenvalue weighted by molar-refractivity contribution is 0.199. The monoisotopic (exact) mass is 339 g/mol. The second kappa shape index (κ2) is 6.55. The van der Waals surface area contributed by atoms with Gasteiger partial charge in [0.1, 0.15) is 0 Å². The molecule has 102 valence electrons. The van der Waals surface area contributed by atoms with E-state index in [9.17, 15) is 5.11 Å². The highest BCUT2D eigenvalue weighted by Crippen LogP contribution is 2.30. The molecule has 2 nitrogen and oxygen atoms in total. The number of aliphatic hydroxyl groups excluding tert-OH is 1. The fourth-order valence-electron chi connectivity index (χ4n) is 2.00. The molecule has 2 rings (SSSR count). The molecule has 1 aromatic carbocycles. The van der Waals surface area contributed by atoms with Crippen molar-refractivity contribution >= 4 is 33.0 Å². The van der Waals surface area contributed by atoms with Crippen molar-refractivity contribution in [3.63, 3.8) is 0 Å². The molecule has 0 radical (unpaired) electrons. The van der Waals surface area contributed by atoms with Gasteiger partial charge in [0.25, 0.3) is 0 Å². The van der Waals surface area contributed by atoms with Gasteiger partial charge in [-0.2, -0.15) is 0 Å². The number of nitrogens with zero attached hydrogens (tertiary/aromatic N) is 1. The summed E-state index contributed by atoms with van der Waals surface area (Å²) in [7, 11) is 0. The summed E-state index contributed by atoms with van der Waals surface area (Å²) < 4.78 is 1.03. The highest BCUT2D eigenvalue weighted by Gasteiger charge is 2.11. The van der Waals surface area contributed by atoms with Gasteiger partial charge in [0.05, 0.1) is 18.3 Å². The van der Waals surface area contributed by atoms with Gasteiger partial charge in [-0.1, -0.05) is 12.1 Å². The number of rotatable bonds is 5. The van der Waals surface area contributed by atoms with E-state index in [1.54, 1.807) is 18.3 Å². The first-order chi connectivity index (χ1) is 9.11. The lowest BCUT2D eigenvalue weighted by Crippen LogP contribution is -2.21. The zero-order valence-corrected chi connectivity index (χ0v) is 13.5. The van der Waals surface area contributed by atoms with Crippen molar-refractivity contribution in [2.75, 3.05) is 11.4 Å². The van der Waals surface area contributed by atoms with Crippen molar-refractivity contribution in [2.24, 2.45) is 0 Å². The van der Waals surface area contributed by atoms with Gasteiger partial charge in [-0.05, 0) is 58.9 Å². The predicted octanol–water partition coefficient (Wildman–Crippen LogP) is 4.59. The molecule has 0 aliphatic rings. The summed E-state index contributed by atoms with van der Waals surface area (Å²) >= 11 is 5.39. The summed E-state index contributed by atoms with van der Waals surface area (Å²) in [5.41, 5.74) is 2.10. The van der Waals surface area contributed by atoms with Crippen molar-refractivity contribution < 1.29 is 5.11 Å². The first kappa shape index (κ1) is 14.6. The molecular weight excluding hydrogens is 322 g/mol. The van der Waals surface area contributed by atoms with Gasteiger partial charge in [-0.15, -0.1) is 11.3 Å². The van der Waals surface area contributed by atoms with Crippen LogP contribution in [0.2, 0.25) is 0 Å². The summed E-state index contributed by atoms with van der Waals surface area (Å²) in [6.45, 7) is 5.80. The van der Waals surface area contributed by atoms with Gasteiger partial charge in [-0.3, -0.25) is 0 Å². The van der Waals surface area contributed by atoms with Gasteiger partial charge in [0, 0.05) is 15.9 Å². The SMILES string of the molecule is CCN(Cc1cccs1)c1ccc(C(C)O)cc1Br. The highest BCUT2D eigenvalue weighted by atomic mass is 79.9. The van der Waals surface area contributed by atoms with Crippen LogP contribution < -0.4 is 4.90 Å². The summed E-state index contributed by atoms with van der Waals surface area (Å²) in [4.78, 5) is 3.68. The van der Waals surface area contributed by atoms with Gasteiger partial charge in [0.2, 0.25) is 0 Å². The number of aliphatic hydroxyl groups is 1. The molecular formula is C15H18BrNOS. The lowest BCUT2D eigenvalue weighted by Gasteiger charge is -2.24. The van der Waals surface area contributed by atoms with E-state index in [2.05, 4.69) is 51.3 Å². The number of hydrogen-bond donors (Lipinski definition) is 1. The molecule has 0 aliphatic carbocycles. The summed E-state index contributed by atoms with van der Waals surface area (Å²) in [6.07, 6.45) is -0.433. The van der Waals surface area contributed by atoms with Crippen LogP contribution in [-0.2, 0) is 6.54 Å². The zero-order chi connectivity index (χ0) is 13.8. The van der Waals surface area contributed by atoms with E-state index in [1.165, 1.54) is 10.6 Å². The Hall–Kier alpha value is -0.840. The molecule has 0 spiro atoms. The van der Waals surface area contributed by atoms with Gasteiger partial charge < -0.3 is 10.0 Å². The molecule has 0 aliphatic heterocycles. The molecule has 0 saturated carbocycles. The van der Waals surface area contributed by atoms with Crippen LogP contribution in [0.5, 0.6) is 0 Å². The van der Waals surface area contributed by atoms with Gasteiger partial charge >= 0.3 is 0 Å². The lowest BCUT2D eigenvalue weighted by atomic mass is 10.1. The second-order valence-electron chi connectivity index (χ2n) is 4.48. The third kappa shape index (κ3) is 3.59. The Morgan fingerprint density at radius 3 is 2.68 bits per heavy atom. The molecule has 1 N–H and O–H groups in total. The van der Waals surface area contributed by atoms with E-state index >= 15 is 0 Å². The van der Waals surface area contributed by atoms with Crippen LogP contribution in [0.25, 0.3) is 0 Å². The predicted molar refractivity (Wildman–Crippen MR) is 85.8 cm³/mol. The number of hydrogen-bond acceptors (Lipinski definition) is 3. The Morgan fingerprint density at radius 1 is 1.37 bits per heavy atom. The van der Waals surface area contributed by atoms with Gasteiger partial charge in [-0.25, -0.2) is 0 Å². The van der Waals surface area contributed by atoms with E-state index in [0.717, 1.165) is 23.1 Å². The van der Waals surface area contributed by atoms with E-state index in [0.29, 0.717) is 0 Å². The van der Waals surface area contributed by atoms with E-state index in [-0.39, 0.29) is 0 Å². The molecule has 1 aromatic heterocycles. The quantitative estimate of drug-likeness (QED) is 0.860.